The average Bonchev–Trinajstić information content (AvgIpc) is 2.97. The number of anilines is 1. The zero-order valence-corrected chi connectivity index (χ0v) is 16.6. The van der Waals surface area contributed by atoms with E-state index < -0.39 is 23.1 Å². The summed E-state index contributed by atoms with van der Waals surface area (Å²) < 4.78 is 26.0. The Morgan fingerprint density at radius 2 is 2.26 bits per heavy atom. The van der Waals surface area contributed by atoms with Gasteiger partial charge in [0.25, 0.3) is 0 Å². The van der Waals surface area contributed by atoms with E-state index in [1.165, 1.54) is 12.3 Å². The van der Waals surface area contributed by atoms with Gasteiger partial charge in [0, 0.05) is 6.20 Å². The van der Waals surface area contributed by atoms with Crippen LogP contribution in [-0.2, 0) is 19.3 Å². The molecule has 1 aromatic heterocycles. The van der Waals surface area contributed by atoms with Crippen LogP contribution in [0.1, 0.15) is 40.0 Å². The molecule has 9 heteroatoms. The van der Waals surface area contributed by atoms with Gasteiger partial charge in [0.05, 0.1) is 5.75 Å². The van der Waals surface area contributed by atoms with E-state index in [1.54, 1.807) is 0 Å². The zero-order valence-electron chi connectivity index (χ0n) is 15.8. The molecule has 0 amide bonds. The molecule has 27 heavy (non-hydrogen) atoms. The van der Waals surface area contributed by atoms with Crippen molar-refractivity contribution in [2.45, 2.75) is 57.6 Å². The number of carbonyl (C=O) groups is 1. The lowest BCUT2D eigenvalue weighted by molar-refractivity contribution is -0.193. The minimum Gasteiger partial charge on any atom is -0.458 e. The predicted octanol–water partition coefficient (Wildman–Crippen LogP) is 2.50. The van der Waals surface area contributed by atoms with Crippen LogP contribution in [0.15, 0.2) is 17.1 Å². The minimum absolute atomic E-state index is 0.0144. The van der Waals surface area contributed by atoms with Gasteiger partial charge in [0.1, 0.15) is 11.9 Å². The topological polar surface area (TPSA) is 96.4 Å². The van der Waals surface area contributed by atoms with Gasteiger partial charge in [-0.25, -0.2) is 14.0 Å². The van der Waals surface area contributed by atoms with E-state index in [-0.39, 0.29) is 23.6 Å². The molecule has 1 aliphatic carbocycles. The Balaban J connectivity index is 1.91. The first kappa shape index (κ1) is 20.1. The molecule has 0 bridgehead atoms. The van der Waals surface area contributed by atoms with Crippen LogP contribution in [0, 0.1) is 17.8 Å². The highest BCUT2D eigenvalue weighted by Gasteiger charge is 2.53. The van der Waals surface area contributed by atoms with Gasteiger partial charge in [0.2, 0.25) is 6.36 Å². The van der Waals surface area contributed by atoms with Gasteiger partial charge in [-0.1, -0.05) is 39.0 Å². The largest absolute Gasteiger partial charge is 0.458 e. The molecule has 7 nitrogen and oxygen atoms in total. The maximum absolute atomic E-state index is 13.9. The van der Waals surface area contributed by atoms with E-state index in [0.29, 0.717) is 11.8 Å². The number of aromatic nitrogens is 2. The molecule has 2 aliphatic rings. The first-order valence-electron chi connectivity index (χ1n) is 9.25. The molecule has 2 fully saturated rings. The van der Waals surface area contributed by atoms with Crippen LogP contribution < -0.4 is 11.4 Å². The molecule has 0 aromatic carbocycles. The fourth-order valence-electron chi connectivity index (χ4n) is 3.85. The Morgan fingerprint density at radius 1 is 1.52 bits per heavy atom. The standard InChI is InChI=1S/C18H26FN3O4S/c1-10(2)12-5-4-11(3)8-13(12)25-16(23)18(26-14(19)9-27-18)22-7-6-15(20)21-17(22)24/h6-7,10-14H,4-5,8-9H2,1-3H3,(H2,20,21,24)/t11?,12?,13?,14-,18-/m0/s1. The average molecular weight is 399 g/mol. The molecule has 3 unspecified atom stereocenters. The lowest BCUT2D eigenvalue weighted by Crippen LogP contribution is -2.49. The summed E-state index contributed by atoms with van der Waals surface area (Å²) in [7, 11) is 0. The molecule has 1 saturated carbocycles. The number of nitrogens with zero attached hydrogens (tertiary/aromatic N) is 2. The van der Waals surface area contributed by atoms with E-state index in [1.807, 2.05) is 0 Å². The van der Waals surface area contributed by atoms with E-state index in [9.17, 15) is 14.0 Å². The molecular formula is C18H26FN3O4S. The minimum atomic E-state index is -1.92. The fourth-order valence-corrected chi connectivity index (χ4v) is 4.90. The van der Waals surface area contributed by atoms with Gasteiger partial charge in [-0.05, 0) is 36.7 Å². The lowest BCUT2D eigenvalue weighted by Gasteiger charge is -2.38. The maximum atomic E-state index is 13.9. The quantitative estimate of drug-likeness (QED) is 0.777. The Morgan fingerprint density at radius 3 is 2.85 bits per heavy atom. The molecule has 0 spiro atoms. The Hall–Kier alpha value is -1.61. The van der Waals surface area contributed by atoms with Gasteiger partial charge in [-0.15, -0.1) is 0 Å². The first-order chi connectivity index (χ1) is 12.7. The highest BCUT2D eigenvalue weighted by atomic mass is 32.2. The number of rotatable bonds is 4. The van der Waals surface area contributed by atoms with Crippen molar-refractivity contribution in [2.75, 3.05) is 11.5 Å². The van der Waals surface area contributed by atoms with Crippen LogP contribution in [-0.4, -0.2) is 33.7 Å². The number of carbonyl (C=O) groups excluding carboxylic acids is 1. The summed E-state index contributed by atoms with van der Waals surface area (Å²) in [6, 6.07) is 1.37. The maximum Gasteiger partial charge on any atom is 0.372 e. The molecule has 1 saturated heterocycles. The highest BCUT2D eigenvalue weighted by Crippen LogP contribution is 2.43. The summed E-state index contributed by atoms with van der Waals surface area (Å²) in [5.74, 6) is 0.155. The second kappa shape index (κ2) is 7.79. The number of halogens is 1. The molecule has 1 aliphatic heterocycles. The molecule has 0 radical (unpaired) electrons. The summed E-state index contributed by atoms with van der Waals surface area (Å²) in [4.78, 5) is 29.1. The number of alkyl halides is 1. The lowest BCUT2D eigenvalue weighted by atomic mass is 9.75. The van der Waals surface area contributed by atoms with Crippen molar-refractivity contribution >= 4 is 23.5 Å². The number of hydrogen-bond donors (Lipinski definition) is 1. The van der Waals surface area contributed by atoms with Crippen LogP contribution in [0.25, 0.3) is 0 Å². The van der Waals surface area contributed by atoms with E-state index in [0.717, 1.165) is 35.6 Å². The first-order valence-corrected chi connectivity index (χ1v) is 10.2. The van der Waals surface area contributed by atoms with Crippen molar-refractivity contribution in [3.8, 4) is 0 Å². The van der Waals surface area contributed by atoms with E-state index in [2.05, 4.69) is 25.8 Å². The summed E-state index contributed by atoms with van der Waals surface area (Å²) in [6.45, 7) is 6.33. The number of thioether (sulfide) groups is 1. The van der Waals surface area contributed by atoms with Crippen molar-refractivity contribution < 1.29 is 18.7 Å². The summed E-state index contributed by atoms with van der Waals surface area (Å²) in [5, 5.41) is -1.92. The fraction of sp³-hybridized carbons (Fsp3) is 0.722. The summed E-state index contributed by atoms with van der Waals surface area (Å²) in [6.07, 6.45) is 2.11. The predicted molar refractivity (Wildman–Crippen MR) is 101 cm³/mol. The zero-order chi connectivity index (χ0) is 19.8. The number of ether oxygens (including phenoxy) is 2. The molecule has 5 atom stereocenters. The smallest absolute Gasteiger partial charge is 0.372 e. The van der Waals surface area contributed by atoms with E-state index in [4.69, 9.17) is 15.2 Å². The SMILES string of the molecule is CC1CCC(C(C)C)C(OC(=O)[C@]2(n3ccc(N)nc3=O)O[C@H](F)CS2)C1. The Kier molecular flexibility index (Phi) is 5.81. The Bertz CT molecular complexity index is 758. The van der Waals surface area contributed by atoms with Crippen LogP contribution in [0.5, 0.6) is 0 Å². The van der Waals surface area contributed by atoms with Crippen molar-refractivity contribution in [2.24, 2.45) is 17.8 Å². The third-order valence-corrected chi connectivity index (χ3v) is 6.60. The van der Waals surface area contributed by atoms with Crippen molar-refractivity contribution in [3.05, 3.63) is 22.7 Å². The van der Waals surface area contributed by atoms with Crippen molar-refractivity contribution in [1.29, 1.82) is 0 Å². The van der Waals surface area contributed by atoms with Gasteiger partial charge < -0.3 is 15.2 Å². The summed E-state index contributed by atoms with van der Waals surface area (Å²) >= 11 is 0.889. The van der Waals surface area contributed by atoms with Crippen LogP contribution in [0.4, 0.5) is 10.2 Å². The van der Waals surface area contributed by atoms with Gasteiger partial charge in [-0.3, -0.25) is 4.57 Å². The summed E-state index contributed by atoms with van der Waals surface area (Å²) in [5.41, 5.74) is 4.74. The second-order valence-electron chi connectivity index (χ2n) is 7.70. The molecule has 3 rings (SSSR count). The molecular weight excluding hydrogens is 373 g/mol. The Labute approximate surface area is 161 Å². The third kappa shape index (κ3) is 3.99. The van der Waals surface area contributed by atoms with Crippen molar-refractivity contribution in [3.63, 3.8) is 0 Å². The van der Waals surface area contributed by atoms with Crippen molar-refractivity contribution in [1.82, 2.24) is 9.55 Å². The second-order valence-corrected chi connectivity index (χ2v) is 8.87. The van der Waals surface area contributed by atoms with Crippen LogP contribution in [0.3, 0.4) is 0 Å². The number of nitrogen functional groups attached to an aromatic ring is 1. The van der Waals surface area contributed by atoms with Crippen LogP contribution >= 0.6 is 11.8 Å². The van der Waals surface area contributed by atoms with Gasteiger partial charge in [0.15, 0.2) is 0 Å². The van der Waals surface area contributed by atoms with E-state index >= 15 is 0 Å². The normalized spacial score (nSPS) is 34.0. The third-order valence-electron chi connectivity index (χ3n) is 5.32. The number of esters is 1. The van der Waals surface area contributed by atoms with Crippen LogP contribution in [0.2, 0.25) is 0 Å². The number of hydrogen-bond acceptors (Lipinski definition) is 7. The van der Waals surface area contributed by atoms with Gasteiger partial charge >= 0.3 is 16.7 Å². The molecule has 2 N–H and O–H groups in total. The van der Waals surface area contributed by atoms with Gasteiger partial charge in [-0.2, -0.15) is 4.98 Å². The molecule has 150 valence electrons. The molecule has 2 heterocycles. The highest BCUT2D eigenvalue weighted by molar-refractivity contribution is 8.00. The number of nitrogens with two attached hydrogens (primary N) is 1. The molecule has 1 aromatic rings. The monoisotopic (exact) mass is 399 g/mol.